The smallest absolute Gasteiger partial charge is 0.222 e. The third-order valence-corrected chi connectivity index (χ3v) is 4.38. The Bertz CT molecular complexity index is 237. The van der Waals surface area contributed by atoms with Crippen LogP contribution in [0, 0.1) is 29.6 Å². The first-order chi connectivity index (χ1) is 7.47. The molecule has 1 saturated carbocycles. The lowest BCUT2D eigenvalue weighted by atomic mass is 9.65. The largest absolute Gasteiger partial charge is 0.359 e. The van der Waals surface area contributed by atoms with Crippen LogP contribution in [0.15, 0.2) is 0 Å². The summed E-state index contributed by atoms with van der Waals surface area (Å²) in [5.41, 5.74) is 0. The van der Waals surface area contributed by atoms with E-state index in [1.165, 1.54) is 19.3 Å². The molecule has 0 heterocycles. The van der Waals surface area contributed by atoms with Crippen molar-refractivity contribution in [1.29, 1.82) is 0 Å². The van der Waals surface area contributed by atoms with Crippen LogP contribution in [0.2, 0.25) is 0 Å². The first-order valence-corrected chi connectivity index (χ1v) is 6.69. The Labute approximate surface area is 100 Å². The highest BCUT2D eigenvalue weighted by Gasteiger charge is 2.36. The second-order valence-corrected chi connectivity index (χ2v) is 5.89. The second kappa shape index (κ2) is 5.70. The fourth-order valence-corrected chi connectivity index (χ4v) is 3.27. The number of carbonyl (C=O) groups excluding carboxylic acids is 1. The molecular formula is C14H27NO. The molecule has 1 rings (SSSR count). The summed E-state index contributed by atoms with van der Waals surface area (Å²) in [7, 11) is 1.75. The molecule has 94 valence electrons. The summed E-state index contributed by atoms with van der Waals surface area (Å²) in [6, 6.07) is 0. The molecule has 1 fully saturated rings. The topological polar surface area (TPSA) is 29.1 Å². The molecule has 0 aliphatic heterocycles. The lowest BCUT2D eigenvalue weighted by molar-refractivity contribution is -0.127. The highest BCUT2D eigenvalue weighted by atomic mass is 16.1. The van der Waals surface area contributed by atoms with Gasteiger partial charge in [-0.1, -0.05) is 34.1 Å². The van der Waals surface area contributed by atoms with Crippen LogP contribution in [-0.2, 0) is 4.79 Å². The number of hydrogen-bond acceptors (Lipinski definition) is 1. The van der Waals surface area contributed by atoms with Gasteiger partial charge in [0.1, 0.15) is 0 Å². The van der Waals surface area contributed by atoms with Gasteiger partial charge in [0, 0.05) is 13.0 Å². The predicted octanol–water partition coefficient (Wildman–Crippen LogP) is 3.08. The molecule has 0 bridgehead atoms. The monoisotopic (exact) mass is 225 g/mol. The van der Waals surface area contributed by atoms with E-state index in [-0.39, 0.29) is 11.8 Å². The Kier molecular flexibility index (Phi) is 4.82. The highest BCUT2D eigenvalue weighted by molar-refractivity contribution is 5.78. The van der Waals surface area contributed by atoms with Crippen molar-refractivity contribution in [3.05, 3.63) is 0 Å². The molecule has 0 aromatic carbocycles. The van der Waals surface area contributed by atoms with E-state index in [2.05, 4.69) is 33.0 Å². The molecule has 4 unspecified atom stereocenters. The fourth-order valence-electron chi connectivity index (χ4n) is 3.27. The van der Waals surface area contributed by atoms with Gasteiger partial charge in [-0.05, 0) is 36.5 Å². The van der Waals surface area contributed by atoms with E-state index in [0.717, 1.165) is 11.8 Å². The van der Waals surface area contributed by atoms with Gasteiger partial charge >= 0.3 is 0 Å². The zero-order valence-corrected chi connectivity index (χ0v) is 11.4. The van der Waals surface area contributed by atoms with E-state index < -0.39 is 0 Å². The molecule has 1 aliphatic rings. The van der Waals surface area contributed by atoms with Crippen LogP contribution in [0.25, 0.3) is 0 Å². The van der Waals surface area contributed by atoms with Gasteiger partial charge in [-0.25, -0.2) is 0 Å². The van der Waals surface area contributed by atoms with E-state index in [0.29, 0.717) is 11.8 Å². The quantitative estimate of drug-likeness (QED) is 0.785. The van der Waals surface area contributed by atoms with Gasteiger partial charge in [0.2, 0.25) is 5.91 Å². The zero-order chi connectivity index (χ0) is 12.3. The summed E-state index contributed by atoms with van der Waals surface area (Å²) in [6.07, 6.45) is 3.85. The average Bonchev–Trinajstić information content (AvgIpc) is 2.26. The lowest BCUT2D eigenvalue weighted by Crippen LogP contribution is -2.38. The highest BCUT2D eigenvalue weighted by Crippen LogP contribution is 2.41. The van der Waals surface area contributed by atoms with Crippen molar-refractivity contribution >= 4 is 5.91 Å². The number of carbonyl (C=O) groups is 1. The summed E-state index contributed by atoms with van der Waals surface area (Å²) in [5.74, 6) is 3.16. The molecule has 0 saturated heterocycles. The van der Waals surface area contributed by atoms with Crippen LogP contribution in [0.4, 0.5) is 0 Å². The maximum atomic E-state index is 11.8. The minimum absolute atomic E-state index is 0.167. The predicted molar refractivity (Wildman–Crippen MR) is 68.1 cm³/mol. The van der Waals surface area contributed by atoms with E-state index in [1.807, 2.05) is 0 Å². The standard InChI is InChI=1S/C14H27NO/c1-9(2)12-7-6-10(3)8-13(12)11(4)14(16)15-5/h9-13H,6-8H2,1-5H3,(H,15,16). The molecule has 4 atom stereocenters. The molecular weight excluding hydrogens is 198 g/mol. The van der Waals surface area contributed by atoms with Crippen molar-refractivity contribution < 1.29 is 4.79 Å². The molecule has 0 aromatic rings. The molecule has 1 N–H and O–H groups in total. The van der Waals surface area contributed by atoms with Crippen molar-refractivity contribution in [1.82, 2.24) is 5.32 Å². The van der Waals surface area contributed by atoms with Gasteiger partial charge in [-0.3, -0.25) is 4.79 Å². The number of rotatable bonds is 3. The number of amides is 1. The second-order valence-electron chi connectivity index (χ2n) is 5.89. The summed E-state index contributed by atoms with van der Waals surface area (Å²) in [5, 5.41) is 2.80. The van der Waals surface area contributed by atoms with Crippen molar-refractivity contribution in [2.75, 3.05) is 7.05 Å². The molecule has 2 heteroatoms. The van der Waals surface area contributed by atoms with Crippen LogP contribution in [0.3, 0.4) is 0 Å². The Balaban J connectivity index is 2.74. The van der Waals surface area contributed by atoms with E-state index in [4.69, 9.17) is 0 Å². The Hall–Kier alpha value is -0.530. The summed E-state index contributed by atoms with van der Waals surface area (Å²) >= 11 is 0. The minimum Gasteiger partial charge on any atom is -0.359 e. The van der Waals surface area contributed by atoms with Gasteiger partial charge in [0.25, 0.3) is 0 Å². The molecule has 1 amide bonds. The molecule has 16 heavy (non-hydrogen) atoms. The maximum Gasteiger partial charge on any atom is 0.222 e. The van der Waals surface area contributed by atoms with Crippen molar-refractivity contribution in [2.24, 2.45) is 29.6 Å². The molecule has 0 radical (unpaired) electrons. The summed E-state index contributed by atoms with van der Waals surface area (Å²) in [6.45, 7) is 9.01. The molecule has 1 aliphatic carbocycles. The van der Waals surface area contributed by atoms with Crippen LogP contribution in [0.5, 0.6) is 0 Å². The van der Waals surface area contributed by atoms with Crippen molar-refractivity contribution in [3.8, 4) is 0 Å². The fraction of sp³-hybridized carbons (Fsp3) is 0.929. The Morgan fingerprint density at radius 2 is 1.81 bits per heavy atom. The molecule has 0 spiro atoms. The lowest BCUT2D eigenvalue weighted by Gasteiger charge is -2.40. The van der Waals surface area contributed by atoms with Gasteiger partial charge in [0.05, 0.1) is 0 Å². The Morgan fingerprint density at radius 3 is 2.31 bits per heavy atom. The molecule has 0 aromatic heterocycles. The van der Waals surface area contributed by atoms with Crippen molar-refractivity contribution in [3.63, 3.8) is 0 Å². The van der Waals surface area contributed by atoms with E-state index in [1.54, 1.807) is 7.05 Å². The van der Waals surface area contributed by atoms with Gasteiger partial charge in [-0.2, -0.15) is 0 Å². The third-order valence-electron chi connectivity index (χ3n) is 4.38. The first-order valence-electron chi connectivity index (χ1n) is 6.69. The normalized spacial score (nSPS) is 32.5. The van der Waals surface area contributed by atoms with Crippen LogP contribution in [-0.4, -0.2) is 13.0 Å². The summed E-state index contributed by atoms with van der Waals surface area (Å²) < 4.78 is 0. The van der Waals surface area contributed by atoms with Crippen molar-refractivity contribution in [2.45, 2.75) is 47.0 Å². The van der Waals surface area contributed by atoms with Crippen LogP contribution >= 0.6 is 0 Å². The SMILES string of the molecule is CNC(=O)C(C)C1CC(C)CCC1C(C)C. The number of hydrogen-bond donors (Lipinski definition) is 1. The number of nitrogens with one attached hydrogen (secondary N) is 1. The summed E-state index contributed by atoms with van der Waals surface area (Å²) in [4.78, 5) is 11.8. The average molecular weight is 225 g/mol. The van der Waals surface area contributed by atoms with E-state index in [9.17, 15) is 4.79 Å². The molecule has 2 nitrogen and oxygen atoms in total. The minimum atomic E-state index is 0.167. The van der Waals surface area contributed by atoms with Gasteiger partial charge < -0.3 is 5.32 Å². The first kappa shape index (κ1) is 13.5. The van der Waals surface area contributed by atoms with Gasteiger partial charge in [0.15, 0.2) is 0 Å². The Morgan fingerprint density at radius 1 is 1.19 bits per heavy atom. The van der Waals surface area contributed by atoms with Crippen LogP contribution < -0.4 is 5.32 Å². The maximum absolute atomic E-state index is 11.8. The zero-order valence-electron chi connectivity index (χ0n) is 11.4. The van der Waals surface area contributed by atoms with Gasteiger partial charge in [-0.15, -0.1) is 0 Å². The van der Waals surface area contributed by atoms with Crippen LogP contribution in [0.1, 0.15) is 47.0 Å². The van der Waals surface area contributed by atoms with E-state index >= 15 is 0 Å². The third kappa shape index (κ3) is 2.99.